The molecule has 0 aliphatic rings. The molecule has 0 aliphatic carbocycles. The van der Waals surface area contributed by atoms with Crippen LogP contribution in [-0.2, 0) is 6.61 Å². The number of para-hydroxylation sites is 3. The third-order valence-electron chi connectivity index (χ3n) is 3.49. The van der Waals surface area contributed by atoms with Crippen molar-refractivity contribution in [2.75, 3.05) is 13.2 Å². The van der Waals surface area contributed by atoms with Crippen molar-refractivity contribution in [2.24, 2.45) is 5.73 Å². The molecule has 3 aromatic carbocycles. The number of benzene rings is 3. The van der Waals surface area contributed by atoms with Gasteiger partial charge in [-0.05, 0) is 29.8 Å². The molecule has 0 bridgehead atoms. The molecule has 0 aliphatic heterocycles. The molecule has 0 saturated carbocycles. The summed E-state index contributed by atoms with van der Waals surface area (Å²) in [6.45, 7) is 1.52. The van der Waals surface area contributed by atoms with Crippen molar-refractivity contribution in [1.29, 1.82) is 5.26 Å². The maximum absolute atomic E-state index is 8.89. The first kappa shape index (κ1) is 19.8. The monoisotopic (exact) mass is 362 g/mol. The summed E-state index contributed by atoms with van der Waals surface area (Å²) in [5.74, 6) is 1.52. The Morgan fingerprint density at radius 1 is 0.815 bits per heavy atom. The van der Waals surface area contributed by atoms with Crippen molar-refractivity contribution < 1.29 is 14.6 Å². The molecule has 5 heteroatoms. The van der Waals surface area contributed by atoms with E-state index in [9.17, 15) is 0 Å². The number of nitrogens with two attached hydrogens (primary N) is 1. The molecule has 3 aromatic rings. The van der Waals surface area contributed by atoms with Crippen molar-refractivity contribution in [3.63, 3.8) is 0 Å². The van der Waals surface area contributed by atoms with Gasteiger partial charge >= 0.3 is 0 Å². The number of hydrogen-bond donors (Lipinski definition) is 2. The second-order valence-electron chi connectivity index (χ2n) is 5.49. The summed E-state index contributed by atoms with van der Waals surface area (Å²) in [6.07, 6.45) is 0. The van der Waals surface area contributed by atoms with E-state index in [1.54, 1.807) is 18.2 Å². The van der Waals surface area contributed by atoms with Gasteiger partial charge in [-0.25, -0.2) is 0 Å². The first-order valence-electron chi connectivity index (χ1n) is 8.51. The minimum absolute atomic E-state index is 0.0417. The van der Waals surface area contributed by atoms with Crippen molar-refractivity contribution in [1.82, 2.24) is 0 Å². The highest BCUT2D eigenvalue weighted by molar-refractivity contribution is 5.41. The maximum atomic E-state index is 8.89. The van der Waals surface area contributed by atoms with Crippen LogP contribution in [0.2, 0.25) is 0 Å². The fourth-order valence-electron chi connectivity index (χ4n) is 2.16. The number of rotatable bonds is 6. The number of hydrogen-bond acceptors (Lipinski definition) is 5. The molecule has 0 atom stereocenters. The standard InChI is InChI=1S/C15H17NO2.C7H5NO/c16-10-11-17-14-8-4-5-9-15(14)18-12-13-6-2-1-3-7-13;8-5-6-3-1-2-4-7(6)9/h1-9H,10-12,16H2;1-4,9H. The number of phenols is 1. The Kier molecular flexibility index (Phi) is 8.22. The molecule has 5 nitrogen and oxygen atoms in total. The van der Waals surface area contributed by atoms with Gasteiger partial charge in [0.25, 0.3) is 0 Å². The lowest BCUT2D eigenvalue weighted by atomic mass is 10.2. The van der Waals surface area contributed by atoms with Gasteiger partial charge in [0.1, 0.15) is 25.0 Å². The highest BCUT2D eigenvalue weighted by Crippen LogP contribution is 2.27. The zero-order valence-corrected chi connectivity index (χ0v) is 14.9. The molecular weight excluding hydrogens is 340 g/mol. The Morgan fingerprint density at radius 3 is 2.00 bits per heavy atom. The summed E-state index contributed by atoms with van der Waals surface area (Å²) in [6, 6.07) is 25.9. The Labute approximate surface area is 159 Å². The number of ether oxygens (including phenoxy) is 2. The topological polar surface area (TPSA) is 88.5 Å². The Balaban J connectivity index is 0.000000244. The van der Waals surface area contributed by atoms with Crippen LogP contribution < -0.4 is 15.2 Å². The maximum Gasteiger partial charge on any atom is 0.161 e. The molecular formula is C22H22N2O3. The molecule has 0 amide bonds. The molecule has 0 spiro atoms. The predicted octanol–water partition coefficient (Wildman–Crippen LogP) is 3.87. The van der Waals surface area contributed by atoms with Gasteiger partial charge in [-0.15, -0.1) is 0 Å². The Bertz CT molecular complexity index is 861. The quantitative estimate of drug-likeness (QED) is 0.695. The van der Waals surface area contributed by atoms with Crippen molar-refractivity contribution >= 4 is 0 Å². The van der Waals surface area contributed by atoms with Gasteiger partial charge in [0.05, 0.1) is 5.56 Å². The lowest BCUT2D eigenvalue weighted by Crippen LogP contribution is -2.11. The molecule has 0 radical (unpaired) electrons. The van der Waals surface area contributed by atoms with Crippen LogP contribution in [0.4, 0.5) is 0 Å². The van der Waals surface area contributed by atoms with Crippen LogP contribution in [-0.4, -0.2) is 18.3 Å². The normalized spacial score (nSPS) is 9.48. The van der Waals surface area contributed by atoms with E-state index >= 15 is 0 Å². The van der Waals surface area contributed by atoms with Crippen molar-refractivity contribution in [2.45, 2.75) is 6.61 Å². The Morgan fingerprint density at radius 2 is 1.41 bits per heavy atom. The van der Waals surface area contributed by atoms with E-state index in [0.717, 1.165) is 17.1 Å². The van der Waals surface area contributed by atoms with E-state index in [1.165, 1.54) is 6.07 Å². The van der Waals surface area contributed by atoms with Gasteiger partial charge < -0.3 is 20.3 Å². The zero-order valence-electron chi connectivity index (χ0n) is 14.9. The summed E-state index contributed by atoms with van der Waals surface area (Å²) >= 11 is 0. The van der Waals surface area contributed by atoms with E-state index in [0.29, 0.717) is 25.3 Å². The first-order chi connectivity index (χ1) is 13.2. The summed E-state index contributed by atoms with van der Waals surface area (Å²) < 4.78 is 11.3. The van der Waals surface area contributed by atoms with E-state index in [1.807, 2.05) is 60.7 Å². The second kappa shape index (κ2) is 11.2. The van der Waals surface area contributed by atoms with Crippen LogP contribution in [0.3, 0.4) is 0 Å². The van der Waals surface area contributed by atoms with E-state index in [4.69, 9.17) is 25.6 Å². The second-order valence-corrected chi connectivity index (χ2v) is 5.49. The van der Waals surface area contributed by atoms with E-state index < -0.39 is 0 Å². The van der Waals surface area contributed by atoms with E-state index in [2.05, 4.69) is 0 Å². The molecule has 138 valence electrons. The first-order valence-corrected chi connectivity index (χ1v) is 8.51. The molecule has 27 heavy (non-hydrogen) atoms. The van der Waals surface area contributed by atoms with Crippen LogP contribution in [0.5, 0.6) is 17.2 Å². The third kappa shape index (κ3) is 6.73. The van der Waals surface area contributed by atoms with Crippen LogP contribution in [0.1, 0.15) is 11.1 Å². The fraction of sp³-hybridized carbons (Fsp3) is 0.136. The number of phenolic OH excluding ortho intramolecular Hbond substituents is 1. The van der Waals surface area contributed by atoms with Crippen LogP contribution >= 0.6 is 0 Å². The summed E-state index contributed by atoms with van der Waals surface area (Å²) in [5, 5.41) is 17.2. The largest absolute Gasteiger partial charge is 0.507 e. The van der Waals surface area contributed by atoms with Gasteiger partial charge in [0.2, 0.25) is 0 Å². The third-order valence-corrected chi connectivity index (χ3v) is 3.49. The summed E-state index contributed by atoms with van der Waals surface area (Å²) in [5.41, 5.74) is 6.87. The minimum Gasteiger partial charge on any atom is -0.507 e. The minimum atomic E-state index is 0.0417. The van der Waals surface area contributed by atoms with Gasteiger partial charge in [0, 0.05) is 6.54 Å². The molecule has 3 rings (SSSR count). The lowest BCUT2D eigenvalue weighted by molar-refractivity contribution is 0.266. The number of nitriles is 1. The van der Waals surface area contributed by atoms with Gasteiger partial charge in [0.15, 0.2) is 11.5 Å². The SMILES string of the molecule is N#Cc1ccccc1O.NCCOc1ccccc1OCc1ccccc1. The zero-order chi connectivity index (χ0) is 19.3. The summed E-state index contributed by atoms with van der Waals surface area (Å²) in [7, 11) is 0. The highest BCUT2D eigenvalue weighted by Gasteiger charge is 2.03. The lowest BCUT2D eigenvalue weighted by Gasteiger charge is -2.12. The molecule has 3 N–H and O–H groups in total. The predicted molar refractivity (Wildman–Crippen MR) is 105 cm³/mol. The average molecular weight is 362 g/mol. The molecule has 0 unspecified atom stereocenters. The number of nitrogens with zero attached hydrogens (tertiary/aromatic N) is 1. The van der Waals surface area contributed by atoms with Crippen molar-refractivity contribution in [3.8, 4) is 23.3 Å². The Hall–Kier alpha value is -3.49. The smallest absolute Gasteiger partial charge is 0.161 e. The van der Waals surface area contributed by atoms with Crippen LogP contribution in [0.25, 0.3) is 0 Å². The van der Waals surface area contributed by atoms with Gasteiger partial charge in [-0.1, -0.05) is 54.6 Å². The van der Waals surface area contributed by atoms with Gasteiger partial charge in [-0.3, -0.25) is 0 Å². The fourth-order valence-corrected chi connectivity index (χ4v) is 2.16. The molecule has 0 aromatic heterocycles. The van der Waals surface area contributed by atoms with Gasteiger partial charge in [-0.2, -0.15) is 5.26 Å². The molecule has 0 saturated heterocycles. The summed E-state index contributed by atoms with van der Waals surface area (Å²) in [4.78, 5) is 0. The van der Waals surface area contributed by atoms with Crippen molar-refractivity contribution in [3.05, 3.63) is 90.0 Å². The molecule has 0 fully saturated rings. The number of aromatic hydroxyl groups is 1. The molecule has 0 heterocycles. The van der Waals surface area contributed by atoms with Crippen LogP contribution in [0, 0.1) is 11.3 Å². The van der Waals surface area contributed by atoms with Crippen LogP contribution in [0.15, 0.2) is 78.9 Å². The average Bonchev–Trinajstić information content (AvgIpc) is 2.73. The highest BCUT2D eigenvalue weighted by atomic mass is 16.5. The van der Waals surface area contributed by atoms with E-state index in [-0.39, 0.29) is 5.75 Å².